The van der Waals surface area contributed by atoms with Gasteiger partial charge in [0.2, 0.25) is 5.95 Å². The second-order valence-electron chi connectivity index (χ2n) is 4.36. The third-order valence-electron chi connectivity index (χ3n) is 2.62. The Morgan fingerprint density at radius 1 is 1.48 bits per heavy atom. The summed E-state index contributed by atoms with van der Waals surface area (Å²) >= 11 is 0. The molecular formula is C10H15N6O6P. The molecule has 2 heterocycles. The highest BCUT2D eigenvalue weighted by Gasteiger charge is 2.15. The number of hydrogen-bond acceptors (Lipinski definition) is 8. The molecule has 0 aliphatic rings. The van der Waals surface area contributed by atoms with Gasteiger partial charge in [0.05, 0.1) is 20.0 Å². The molecule has 0 spiro atoms. The first-order valence-corrected chi connectivity index (χ1v) is 8.05. The smallest absolute Gasteiger partial charge is 0.412 e. The summed E-state index contributed by atoms with van der Waals surface area (Å²) in [5.41, 5.74) is 6.22. The molecule has 23 heavy (non-hydrogen) atoms. The lowest BCUT2D eigenvalue weighted by Gasteiger charge is -2.08. The monoisotopic (exact) mass is 346 g/mol. The van der Waals surface area contributed by atoms with E-state index in [0.29, 0.717) is 11.2 Å². The molecule has 0 radical (unpaired) electrons. The van der Waals surface area contributed by atoms with Crippen LogP contribution in [0.15, 0.2) is 6.33 Å². The van der Waals surface area contributed by atoms with Crippen LogP contribution in [0, 0.1) is 0 Å². The van der Waals surface area contributed by atoms with Gasteiger partial charge in [-0.05, 0) is 0 Å². The number of nitrogen functional groups attached to an aromatic ring is 1. The van der Waals surface area contributed by atoms with Crippen LogP contribution in [0.1, 0.15) is 0 Å². The number of carbonyl (C=O) groups is 1. The van der Waals surface area contributed by atoms with Crippen molar-refractivity contribution in [2.45, 2.75) is 6.54 Å². The summed E-state index contributed by atoms with van der Waals surface area (Å²) in [4.78, 5) is 40.7. The second kappa shape index (κ2) is 6.87. The molecule has 0 aliphatic heterocycles. The average molecular weight is 346 g/mol. The minimum atomic E-state index is -4.21. The minimum Gasteiger partial charge on any atom is -0.453 e. The van der Waals surface area contributed by atoms with Crippen LogP contribution in [-0.4, -0.2) is 55.5 Å². The number of hydrogen-bond donors (Lipinski definition) is 4. The zero-order valence-electron chi connectivity index (χ0n) is 12.0. The standard InChI is InChI=1S/C10H15N6O6P/c1-21-10(17)14-7-6-8(15-9(11)13-7)16(4-12-6)2-3-22-5-23(18,19)20/h4H,2-3,5H2,1H3,(H2,18,19,20)(H3,11,13,14,15,17). The van der Waals surface area contributed by atoms with Crippen molar-refractivity contribution in [2.75, 3.05) is 31.1 Å². The van der Waals surface area contributed by atoms with Gasteiger partial charge in [-0.2, -0.15) is 9.97 Å². The number of nitrogens with zero attached hydrogens (tertiary/aromatic N) is 4. The number of methoxy groups -OCH3 is 1. The lowest BCUT2D eigenvalue weighted by molar-refractivity contribution is 0.149. The number of fused-ring (bicyclic) bond motifs is 1. The van der Waals surface area contributed by atoms with Gasteiger partial charge in [-0.15, -0.1) is 0 Å². The maximum atomic E-state index is 11.3. The van der Waals surface area contributed by atoms with Gasteiger partial charge in [0, 0.05) is 6.54 Å². The third kappa shape index (κ3) is 4.60. The zero-order chi connectivity index (χ0) is 17.0. The molecule has 126 valence electrons. The molecule has 0 aliphatic carbocycles. The van der Waals surface area contributed by atoms with Crippen molar-refractivity contribution in [3.63, 3.8) is 0 Å². The summed E-state index contributed by atoms with van der Waals surface area (Å²) in [6, 6.07) is 0. The molecule has 12 nitrogen and oxygen atoms in total. The largest absolute Gasteiger partial charge is 0.453 e. The first-order chi connectivity index (χ1) is 10.8. The molecule has 0 saturated carbocycles. The van der Waals surface area contributed by atoms with Gasteiger partial charge in [0.15, 0.2) is 17.0 Å². The second-order valence-corrected chi connectivity index (χ2v) is 5.95. The van der Waals surface area contributed by atoms with Crippen LogP contribution in [0.4, 0.5) is 16.6 Å². The number of imidazole rings is 1. The van der Waals surface area contributed by atoms with Gasteiger partial charge >= 0.3 is 13.7 Å². The number of rotatable bonds is 6. The first kappa shape index (κ1) is 17.1. The fourth-order valence-electron chi connectivity index (χ4n) is 1.71. The number of nitrogens with two attached hydrogens (primary N) is 1. The van der Waals surface area contributed by atoms with Crippen molar-refractivity contribution in [1.82, 2.24) is 19.5 Å². The van der Waals surface area contributed by atoms with E-state index in [1.807, 2.05) is 0 Å². The maximum absolute atomic E-state index is 11.3. The Morgan fingerprint density at radius 3 is 2.87 bits per heavy atom. The Morgan fingerprint density at radius 2 is 2.22 bits per heavy atom. The molecule has 0 saturated heterocycles. The van der Waals surface area contributed by atoms with E-state index < -0.39 is 20.0 Å². The number of nitrogens with one attached hydrogen (secondary N) is 1. The molecule has 2 aromatic heterocycles. The van der Waals surface area contributed by atoms with Crippen LogP contribution < -0.4 is 11.1 Å². The molecule has 0 bridgehead atoms. The number of amides is 1. The predicted octanol–water partition coefficient (Wildman–Crippen LogP) is -0.261. The van der Waals surface area contributed by atoms with Gasteiger partial charge in [0.1, 0.15) is 6.35 Å². The van der Waals surface area contributed by atoms with Crippen LogP contribution in [0.2, 0.25) is 0 Å². The van der Waals surface area contributed by atoms with E-state index in [1.54, 1.807) is 4.57 Å². The first-order valence-electron chi connectivity index (χ1n) is 6.26. The zero-order valence-corrected chi connectivity index (χ0v) is 12.9. The third-order valence-corrected chi connectivity index (χ3v) is 3.14. The van der Waals surface area contributed by atoms with Gasteiger partial charge in [-0.3, -0.25) is 9.88 Å². The summed E-state index contributed by atoms with van der Waals surface area (Å²) < 4.78 is 21.6. The van der Waals surface area contributed by atoms with E-state index in [1.165, 1.54) is 13.4 Å². The van der Waals surface area contributed by atoms with Crippen molar-refractivity contribution >= 4 is 36.6 Å². The summed E-state index contributed by atoms with van der Waals surface area (Å²) in [5, 5.41) is 2.37. The van der Waals surface area contributed by atoms with Crippen LogP contribution in [0.25, 0.3) is 11.2 Å². The van der Waals surface area contributed by atoms with E-state index in [0.717, 1.165) is 0 Å². The Balaban J connectivity index is 2.16. The Kier molecular flexibility index (Phi) is 5.11. The number of anilines is 2. The van der Waals surface area contributed by atoms with E-state index in [4.69, 9.17) is 20.3 Å². The Hall–Kier alpha value is -2.27. The molecular weight excluding hydrogens is 331 g/mol. The average Bonchev–Trinajstić information content (AvgIpc) is 2.85. The van der Waals surface area contributed by atoms with Crippen LogP contribution in [0.3, 0.4) is 0 Å². The minimum absolute atomic E-state index is 0.0280. The van der Waals surface area contributed by atoms with E-state index in [2.05, 4.69) is 25.0 Å². The molecule has 0 atom stereocenters. The quantitative estimate of drug-likeness (QED) is 0.402. The molecule has 13 heteroatoms. The summed E-state index contributed by atoms with van der Waals surface area (Å²) in [5.74, 6) is 0.0102. The lowest BCUT2D eigenvalue weighted by atomic mass is 10.5. The Labute approximate surface area is 129 Å². The lowest BCUT2D eigenvalue weighted by Crippen LogP contribution is -2.14. The van der Waals surface area contributed by atoms with Crippen LogP contribution in [-0.2, 0) is 20.6 Å². The van der Waals surface area contributed by atoms with E-state index in [9.17, 15) is 9.36 Å². The van der Waals surface area contributed by atoms with Gasteiger partial charge < -0.3 is 29.6 Å². The highest BCUT2D eigenvalue weighted by atomic mass is 31.2. The molecule has 0 aromatic carbocycles. The fraction of sp³-hybridized carbons (Fsp3) is 0.400. The molecule has 1 amide bonds. The summed E-state index contributed by atoms with van der Waals surface area (Å²) in [6.07, 6.45) is 0.0116. The fourth-order valence-corrected chi connectivity index (χ4v) is 2.07. The molecule has 5 N–H and O–H groups in total. The molecule has 2 aromatic rings. The van der Waals surface area contributed by atoms with Crippen molar-refractivity contribution in [3.8, 4) is 0 Å². The van der Waals surface area contributed by atoms with Crippen molar-refractivity contribution in [3.05, 3.63) is 6.33 Å². The Bertz CT molecular complexity index is 758. The van der Waals surface area contributed by atoms with Crippen LogP contribution in [0.5, 0.6) is 0 Å². The summed E-state index contributed by atoms with van der Waals surface area (Å²) in [6.45, 7) is 0.255. The van der Waals surface area contributed by atoms with Gasteiger partial charge in [0.25, 0.3) is 0 Å². The number of ether oxygens (including phenoxy) is 2. The SMILES string of the molecule is COC(=O)Nc1nc(N)nc2c1ncn2CCOCP(=O)(O)O. The topological polar surface area (TPSA) is 175 Å². The normalized spacial score (nSPS) is 11.6. The highest BCUT2D eigenvalue weighted by Crippen LogP contribution is 2.33. The predicted molar refractivity (Wildman–Crippen MR) is 78.6 cm³/mol. The van der Waals surface area contributed by atoms with Crippen LogP contribution >= 0.6 is 7.60 Å². The summed E-state index contributed by atoms with van der Waals surface area (Å²) in [7, 11) is -3.01. The van der Waals surface area contributed by atoms with Crippen molar-refractivity contribution < 1.29 is 28.6 Å². The number of carbonyl (C=O) groups excluding carboxylic acids is 1. The molecule has 0 unspecified atom stereocenters. The molecule has 0 fully saturated rings. The number of aromatic nitrogens is 4. The van der Waals surface area contributed by atoms with Gasteiger partial charge in [-0.1, -0.05) is 0 Å². The van der Waals surface area contributed by atoms with Gasteiger partial charge in [-0.25, -0.2) is 9.78 Å². The maximum Gasteiger partial charge on any atom is 0.412 e. The molecule has 2 rings (SSSR count). The highest BCUT2D eigenvalue weighted by molar-refractivity contribution is 7.51. The van der Waals surface area contributed by atoms with E-state index >= 15 is 0 Å². The van der Waals surface area contributed by atoms with Crippen molar-refractivity contribution in [1.29, 1.82) is 0 Å². The van der Waals surface area contributed by atoms with Crippen molar-refractivity contribution in [2.24, 2.45) is 0 Å². The van der Waals surface area contributed by atoms with E-state index in [-0.39, 0.29) is 24.9 Å².